The SMILES string of the molecule is CN(C)C(C)(C)CNC(=O)C1CCCC1CN. The molecule has 1 saturated carbocycles. The molecular weight excluding hydrogens is 214 g/mol. The molecule has 0 aliphatic heterocycles. The Kier molecular flexibility index (Phi) is 4.95. The predicted molar refractivity (Wildman–Crippen MR) is 70.7 cm³/mol. The summed E-state index contributed by atoms with van der Waals surface area (Å²) in [6.45, 7) is 5.58. The number of hydrogen-bond donors (Lipinski definition) is 2. The van der Waals surface area contributed by atoms with Crippen molar-refractivity contribution in [2.45, 2.75) is 38.6 Å². The number of carbonyl (C=O) groups excluding carboxylic acids is 1. The van der Waals surface area contributed by atoms with Gasteiger partial charge in [-0.2, -0.15) is 0 Å². The summed E-state index contributed by atoms with van der Waals surface area (Å²) in [5.41, 5.74) is 5.70. The van der Waals surface area contributed by atoms with Crippen LogP contribution in [0.15, 0.2) is 0 Å². The van der Waals surface area contributed by atoms with Crippen LogP contribution >= 0.6 is 0 Å². The lowest BCUT2D eigenvalue weighted by Gasteiger charge is -2.33. The van der Waals surface area contributed by atoms with Gasteiger partial charge in [0.05, 0.1) is 0 Å². The fourth-order valence-corrected chi connectivity index (χ4v) is 2.26. The lowest BCUT2D eigenvalue weighted by molar-refractivity contribution is -0.126. The lowest BCUT2D eigenvalue weighted by Crippen LogP contribution is -2.49. The van der Waals surface area contributed by atoms with Gasteiger partial charge in [-0.1, -0.05) is 6.42 Å². The third-order valence-electron chi connectivity index (χ3n) is 4.20. The predicted octanol–water partition coefficient (Wildman–Crippen LogP) is 0.818. The van der Waals surface area contributed by atoms with Crippen LogP contribution < -0.4 is 11.1 Å². The first-order valence-electron chi connectivity index (χ1n) is 6.53. The number of nitrogens with zero attached hydrogens (tertiary/aromatic N) is 1. The zero-order chi connectivity index (χ0) is 13.1. The summed E-state index contributed by atoms with van der Waals surface area (Å²) in [5.74, 6) is 0.711. The second-order valence-corrected chi connectivity index (χ2v) is 5.96. The Morgan fingerprint density at radius 2 is 2.06 bits per heavy atom. The van der Waals surface area contributed by atoms with E-state index in [1.54, 1.807) is 0 Å². The Bertz CT molecular complexity index is 263. The third-order valence-corrected chi connectivity index (χ3v) is 4.20. The summed E-state index contributed by atoms with van der Waals surface area (Å²) >= 11 is 0. The van der Waals surface area contributed by atoms with Crippen LogP contribution in [0, 0.1) is 11.8 Å². The van der Waals surface area contributed by atoms with Crippen LogP contribution in [0.3, 0.4) is 0 Å². The van der Waals surface area contributed by atoms with Crippen LogP contribution in [-0.2, 0) is 4.79 Å². The second-order valence-electron chi connectivity index (χ2n) is 5.96. The van der Waals surface area contributed by atoms with E-state index in [1.807, 2.05) is 14.1 Å². The van der Waals surface area contributed by atoms with Crippen molar-refractivity contribution in [1.29, 1.82) is 0 Å². The standard InChI is InChI=1S/C13H27N3O/c1-13(2,16(3)4)9-15-12(17)11-7-5-6-10(11)8-14/h10-11H,5-9,14H2,1-4H3,(H,15,17). The minimum absolute atomic E-state index is 0.00746. The number of nitrogens with two attached hydrogens (primary N) is 1. The minimum Gasteiger partial charge on any atom is -0.354 e. The maximum atomic E-state index is 12.1. The third kappa shape index (κ3) is 3.68. The van der Waals surface area contributed by atoms with Gasteiger partial charge >= 0.3 is 0 Å². The molecule has 0 saturated heterocycles. The van der Waals surface area contributed by atoms with E-state index in [4.69, 9.17) is 5.73 Å². The molecule has 3 N–H and O–H groups in total. The smallest absolute Gasteiger partial charge is 0.223 e. The Morgan fingerprint density at radius 1 is 1.41 bits per heavy atom. The molecule has 2 unspecified atom stereocenters. The van der Waals surface area contributed by atoms with Crippen LogP contribution in [0.5, 0.6) is 0 Å². The lowest BCUT2D eigenvalue weighted by atomic mass is 9.95. The summed E-state index contributed by atoms with van der Waals surface area (Å²) in [7, 11) is 4.06. The molecule has 0 spiro atoms. The molecule has 1 fully saturated rings. The largest absolute Gasteiger partial charge is 0.354 e. The van der Waals surface area contributed by atoms with E-state index in [9.17, 15) is 4.79 Å². The number of amides is 1. The molecule has 100 valence electrons. The van der Waals surface area contributed by atoms with Crippen molar-refractivity contribution in [3.63, 3.8) is 0 Å². The Hall–Kier alpha value is -0.610. The van der Waals surface area contributed by atoms with Gasteiger partial charge in [0, 0.05) is 18.0 Å². The van der Waals surface area contributed by atoms with Gasteiger partial charge < -0.3 is 16.0 Å². The molecule has 0 aromatic carbocycles. The number of carbonyl (C=O) groups is 1. The monoisotopic (exact) mass is 241 g/mol. The van der Waals surface area contributed by atoms with Crippen LogP contribution in [0.4, 0.5) is 0 Å². The van der Waals surface area contributed by atoms with Crippen molar-refractivity contribution in [2.24, 2.45) is 17.6 Å². The Labute approximate surface area is 105 Å². The molecule has 0 aromatic heterocycles. The zero-order valence-corrected chi connectivity index (χ0v) is 11.6. The molecule has 0 heterocycles. The van der Waals surface area contributed by atoms with E-state index < -0.39 is 0 Å². The molecular formula is C13H27N3O. The molecule has 1 rings (SSSR count). The van der Waals surface area contributed by atoms with Crippen LogP contribution in [0.1, 0.15) is 33.1 Å². The summed E-state index contributed by atoms with van der Waals surface area (Å²) in [5, 5.41) is 3.07. The summed E-state index contributed by atoms with van der Waals surface area (Å²) in [4.78, 5) is 14.2. The van der Waals surface area contributed by atoms with Gasteiger partial charge in [0.15, 0.2) is 0 Å². The van der Waals surface area contributed by atoms with Crippen LogP contribution in [-0.4, -0.2) is 43.5 Å². The zero-order valence-electron chi connectivity index (χ0n) is 11.6. The second kappa shape index (κ2) is 5.83. The number of likely N-dealkylation sites (N-methyl/N-ethyl adjacent to an activating group) is 1. The van der Waals surface area contributed by atoms with Gasteiger partial charge in [-0.3, -0.25) is 4.79 Å². The van der Waals surface area contributed by atoms with Gasteiger partial charge in [0.2, 0.25) is 5.91 Å². The van der Waals surface area contributed by atoms with E-state index in [2.05, 4.69) is 24.1 Å². The summed E-state index contributed by atoms with van der Waals surface area (Å²) in [6.07, 6.45) is 3.23. The first-order valence-corrected chi connectivity index (χ1v) is 6.53. The molecule has 4 heteroatoms. The molecule has 0 bridgehead atoms. The highest BCUT2D eigenvalue weighted by Gasteiger charge is 2.32. The number of nitrogens with one attached hydrogen (secondary N) is 1. The molecule has 1 aliphatic carbocycles. The number of hydrogen-bond acceptors (Lipinski definition) is 3. The Morgan fingerprint density at radius 3 is 2.59 bits per heavy atom. The fraction of sp³-hybridized carbons (Fsp3) is 0.923. The fourth-order valence-electron chi connectivity index (χ4n) is 2.26. The van der Waals surface area contributed by atoms with E-state index in [-0.39, 0.29) is 17.4 Å². The molecule has 17 heavy (non-hydrogen) atoms. The van der Waals surface area contributed by atoms with Crippen LogP contribution in [0.25, 0.3) is 0 Å². The highest BCUT2D eigenvalue weighted by Crippen LogP contribution is 2.31. The molecule has 0 aromatic rings. The van der Waals surface area contributed by atoms with Gasteiger partial charge in [0.1, 0.15) is 0 Å². The van der Waals surface area contributed by atoms with E-state index >= 15 is 0 Å². The minimum atomic E-state index is -0.00746. The molecule has 4 nitrogen and oxygen atoms in total. The van der Waals surface area contributed by atoms with E-state index in [1.165, 1.54) is 0 Å². The summed E-state index contributed by atoms with van der Waals surface area (Å²) in [6, 6.07) is 0. The maximum Gasteiger partial charge on any atom is 0.223 e. The molecule has 0 radical (unpaired) electrons. The Balaban J connectivity index is 2.44. The molecule has 2 atom stereocenters. The number of rotatable bonds is 5. The van der Waals surface area contributed by atoms with Crippen molar-refractivity contribution in [3.05, 3.63) is 0 Å². The van der Waals surface area contributed by atoms with E-state index in [0.29, 0.717) is 19.0 Å². The van der Waals surface area contributed by atoms with Gasteiger partial charge in [-0.05, 0) is 53.2 Å². The average molecular weight is 241 g/mol. The molecule has 1 aliphatic rings. The van der Waals surface area contributed by atoms with Crippen LogP contribution in [0.2, 0.25) is 0 Å². The van der Waals surface area contributed by atoms with Crippen molar-refractivity contribution < 1.29 is 4.79 Å². The quantitative estimate of drug-likeness (QED) is 0.749. The topological polar surface area (TPSA) is 58.4 Å². The van der Waals surface area contributed by atoms with Crippen molar-refractivity contribution in [1.82, 2.24) is 10.2 Å². The van der Waals surface area contributed by atoms with Crippen molar-refractivity contribution >= 4 is 5.91 Å². The van der Waals surface area contributed by atoms with Crippen molar-refractivity contribution in [3.8, 4) is 0 Å². The summed E-state index contributed by atoms with van der Waals surface area (Å²) < 4.78 is 0. The van der Waals surface area contributed by atoms with Gasteiger partial charge in [-0.25, -0.2) is 0 Å². The maximum absolute atomic E-state index is 12.1. The first kappa shape index (κ1) is 14.5. The first-order chi connectivity index (χ1) is 7.88. The van der Waals surface area contributed by atoms with E-state index in [0.717, 1.165) is 19.3 Å². The highest BCUT2D eigenvalue weighted by molar-refractivity contribution is 5.79. The molecule has 1 amide bonds. The normalized spacial score (nSPS) is 25.3. The van der Waals surface area contributed by atoms with Crippen molar-refractivity contribution in [2.75, 3.05) is 27.2 Å². The van der Waals surface area contributed by atoms with Gasteiger partial charge in [0.25, 0.3) is 0 Å². The average Bonchev–Trinajstić information content (AvgIpc) is 2.73. The highest BCUT2D eigenvalue weighted by atomic mass is 16.1. The van der Waals surface area contributed by atoms with Gasteiger partial charge in [-0.15, -0.1) is 0 Å².